The Hall–Kier alpha value is -2.69. The summed E-state index contributed by atoms with van der Waals surface area (Å²) >= 11 is 0. The minimum Gasteiger partial charge on any atom is -0.384 e. The number of nitrogen functional groups attached to an aromatic ring is 1. The molecule has 0 saturated heterocycles. The fourth-order valence-electron chi connectivity index (χ4n) is 2.75. The molecule has 0 bridgehead atoms. The van der Waals surface area contributed by atoms with E-state index in [9.17, 15) is 4.39 Å². The molecule has 5 heteroatoms. The van der Waals surface area contributed by atoms with Crippen LogP contribution in [0.2, 0.25) is 0 Å². The number of benzene rings is 1. The van der Waals surface area contributed by atoms with Gasteiger partial charge in [-0.15, -0.1) is 0 Å². The maximum Gasteiger partial charge on any atom is 0.123 e. The first-order valence-electron chi connectivity index (χ1n) is 8.33. The highest BCUT2D eigenvalue weighted by Crippen LogP contribution is 2.25. The van der Waals surface area contributed by atoms with Crippen LogP contribution in [0.4, 0.5) is 10.2 Å². The van der Waals surface area contributed by atoms with Gasteiger partial charge in [0.1, 0.15) is 17.5 Å². The molecule has 2 aromatic heterocycles. The summed E-state index contributed by atoms with van der Waals surface area (Å²) in [4.78, 5) is 9.13. The van der Waals surface area contributed by atoms with Crippen LogP contribution in [0, 0.1) is 11.2 Å². The first kappa shape index (κ1) is 17.1. The zero-order valence-corrected chi connectivity index (χ0v) is 14.8. The van der Waals surface area contributed by atoms with Crippen molar-refractivity contribution in [2.24, 2.45) is 5.41 Å². The van der Waals surface area contributed by atoms with Crippen molar-refractivity contribution >= 4 is 5.82 Å². The van der Waals surface area contributed by atoms with E-state index in [2.05, 4.69) is 30.3 Å². The van der Waals surface area contributed by atoms with Crippen LogP contribution in [0.15, 0.2) is 48.7 Å². The van der Waals surface area contributed by atoms with Gasteiger partial charge in [0.15, 0.2) is 0 Å². The van der Waals surface area contributed by atoms with E-state index >= 15 is 0 Å². The van der Waals surface area contributed by atoms with Gasteiger partial charge >= 0.3 is 0 Å². The topological polar surface area (TPSA) is 56.7 Å². The Bertz CT molecular complexity index is 877. The lowest BCUT2D eigenvalue weighted by atomic mass is 9.92. The second-order valence-electron chi connectivity index (χ2n) is 7.47. The summed E-state index contributed by atoms with van der Waals surface area (Å²) in [6.07, 6.45) is 2.77. The molecule has 25 heavy (non-hydrogen) atoms. The van der Waals surface area contributed by atoms with Gasteiger partial charge in [-0.05, 0) is 29.7 Å². The van der Waals surface area contributed by atoms with Gasteiger partial charge in [-0.25, -0.2) is 14.4 Å². The van der Waals surface area contributed by atoms with Crippen molar-refractivity contribution < 1.29 is 4.39 Å². The third-order valence-electron chi connectivity index (χ3n) is 3.83. The smallest absolute Gasteiger partial charge is 0.123 e. The monoisotopic (exact) mass is 338 g/mol. The van der Waals surface area contributed by atoms with Crippen molar-refractivity contribution in [2.75, 3.05) is 5.73 Å². The second-order valence-corrected chi connectivity index (χ2v) is 7.47. The number of rotatable bonds is 4. The van der Waals surface area contributed by atoms with Crippen LogP contribution >= 0.6 is 0 Å². The quantitative estimate of drug-likeness (QED) is 0.771. The summed E-state index contributed by atoms with van der Waals surface area (Å²) in [5, 5.41) is 0. The van der Waals surface area contributed by atoms with E-state index in [0.29, 0.717) is 12.4 Å². The third kappa shape index (κ3) is 4.44. The first-order valence-corrected chi connectivity index (χ1v) is 8.33. The molecule has 3 rings (SSSR count). The number of aromatic nitrogens is 3. The Morgan fingerprint density at radius 2 is 1.84 bits per heavy atom. The summed E-state index contributed by atoms with van der Waals surface area (Å²) in [5.74, 6) is 1.19. The average molecular weight is 338 g/mol. The van der Waals surface area contributed by atoms with Gasteiger partial charge in [-0.1, -0.05) is 39.0 Å². The van der Waals surface area contributed by atoms with Crippen LogP contribution in [-0.2, 0) is 13.0 Å². The van der Waals surface area contributed by atoms with Gasteiger partial charge in [-0.2, -0.15) is 0 Å². The zero-order valence-electron chi connectivity index (χ0n) is 14.8. The molecular weight excluding hydrogens is 315 g/mol. The number of nitrogens with two attached hydrogens (primary N) is 1. The average Bonchev–Trinajstić information content (AvgIpc) is 2.88. The summed E-state index contributed by atoms with van der Waals surface area (Å²) in [6.45, 7) is 7.10. The van der Waals surface area contributed by atoms with E-state index in [-0.39, 0.29) is 11.2 Å². The Labute approximate surface area is 147 Å². The number of nitrogens with zero attached hydrogens (tertiary/aromatic N) is 3. The van der Waals surface area contributed by atoms with Crippen LogP contribution in [0.1, 0.15) is 32.3 Å². The minimum atomic E-state index is -0.262. The summed E-state index contributed by atoms with van der Waals surface area (Å²) in [7, 11) is 0. The molecule has 2 N–H and O–H groups in total. The molecule has 4 nitrogen and oxygen atoms in total. The van der Waals surface area contributed by atoms with Gasteiger partial charge in [0.2, 0.25) is 0 Å². The third-order valence-corrected chi connectivity index (χ3v) is 3.83. The predicted molar refractivity (Wildman–Crippen MR) is 98.5 cm³/mol. The molecule has 3 aromatic rings. The maximum absolute atomic E-state index is 13.6. The van der Waals surface area contributed by atoms with Crippen molar-refractivity contribution in [1.29, 1.82) is 0 Å². The molecule has 0 fully saturated rings. The Balaban J connectivity index is 1.99. The molecule has 0 unspecified atom stereocenters. The van der Waals surface area contributed by atoms with Crippen molar-refractivity contribution in [2.45, 2.75) is 33.7 Å². The highest BCUT2D eigenvalue weighted by Gasteiger charge is 2.18. The maximum atomic E-state index is 13.6. The van der Waals surface area contributed by atoms with Crippen molar-refractivity contribution in [1.82, 2.24) is 14.5 Å². The highest BCUT2D eigenvalue weighted by atomic mass is 19.1. The van der Waals surface area contributed by atoms with Crippen molar-refractivity contribution in [3.63, 3.8) is 0 Å². The molecular formula is C20H23FN4. The summed E-state index contributed by atoms with van der Waals surface area (Å²) in [6, 6.07) is 12.1. The van der Waals surface area contributed by atoms with Crippen molar-refractivity contribution in [3.05, 3.63) is 66.0 Å². The number of hydrogen-bond acceptors (Lipinski definition) is 3. The number of pyridine rings is 1. The number of imidazole rings is 1. The predicted octanol–water partition coefficient (Wildman–Crippen LogP) is 4.30. The van der Waals surface area contributed by atoms with Crippen molar-refractivity contribution in [3.8, 4) is 11.3 Å². The molecule has 0 radical (unpaired) electrons. The molecule has 0 saturated carbocycles. The summed E-state index contributed by atoms with van der Waals surface area (Å²) in [5.41, 5.74) is 8.29. The standard InChI is InChI=1S/C20H23FN4/c1-20(2,3)11-19-24-17(14-6-4-7-15(21)10-14)13-25(19)12-16-8-5-9-18(22)23-16/h4-10,13H,11-12H2,1-3H3,(H2,22,23). The van der Waals surface area contributed by atoms with E-state index in [0.717, 1.165) is 29.2 Å². The number of anilines is 1. The molecule has 130 valence electrons. The largest absolute Gasteiger partial charge is 0.384 e. The molecule has 2 heterocycles. The molecule has 0 spiro atoms. The Kier molecular flexibility index (Phi) is 4.57. The lowest BCUT2D eigenvalue weighted by molar-refractivity contribution is 0.393. The molecule has 0 atom stereocenters. The summed E-state index contributed by atoms with van der Waals surface area (Å²) < 4.78 is 15.6. The Morgan fingerprint density at radius 3 is 2.52 bits per heavy atom. The fraction of sp³-hybridized carbons (Fsp3) is 0.300. The second kappa shape index (κ2) is 6.67. The molecule has 0 aliphatic rings. The van der Waals surface area contributed by atoms with Crippen LogP contribution in [0.3, 0.4) is 0 Å². The van der Waals surface area contributed by atoms with Gasteiger partial charge < -0.3 is 10.3 Å². The van der Waals surface area contributed by atoms with Gasteiger partial charge in [0.05, 0.1) is 17.9 Å². The lowest BCUT2D eigenvalue weighted by Gasteiger charge is -2.18. The van der Waals surface area contributed by atoms with Crippen LogP contribution < -0.4 is 5.73 Å². The van der Waals surface area contributed by atoms with E-state index in [1.54, 1.807) is 12.1 Å². The highest BCUT2D eigenvalue weighted by molar-refractivity contribution is 5.58. The van der Waals surface area contributed by atoms with E-state index < -0.39 is 0 Å². The van der Waals surface area contributed by atoms with E-state index in [1.807, 2.05) is 24.4 Å². The van der Waals surface area contributed by atoms with Crippen LogP contribution in [0.5, 0.6) is 0 Å². The molecule has 0 aliphatic heterocycles. The van der Waals surface area contributed by atoms with Crippen LogP contribution in [-0.4, -0.2) is 14.5 Å². The van der Waals surface area contributed by atoms with Crippen LogP contribution in [0.25, 0.3) is 11.3 Å². The normalized spacial score (nSPS) is 11.7. The van der Waals surface area contributed by atoms with Gasteiger partial charge in [0, 0.05) is 18.2 Å². The fourth-order valence-corrected chi connectivity index (χ4v) is 2.75. The SMILES string of the molecule is CC(C)(C)Cc1nc(-c2cccc(F)c2)cn1Cc1cccc(N)n1. The van der Waals surface area contributed by atoms with Gasteiger partial charge in [0.25, 0.3) is 0 Å². The Morgan fingerprint density at radius 1 is 1.08 bits per heavy atom. The number of hydrogen-bond donors (Lipinski definition) is 1. The zero-order chi connectivity index (χ0) is 18.0. The molecule has 0 aliphatic carbocycles. The number of halogens is 1. The van der Waals surface area contributed by atoms with Gasteiger partial charge in [-0.3, -0.25) is 0 Å². The molecule has 1 aromatic carbocycles. The lowest BCUT2D eigenvalue weighted by Crippen LogP contribution is -2.15. The van der Waals surface area contributed by atoms with E-state index in [1.165, 1.54) is 12.1 Å². The first-order chi connectivity index (χ1) is 11.8. The minimum absolute atomic E-state index is 0.0887. The molecule has 0 amide bonds. The van der Waals surface area contributed by atoms with E-state index in [4.69, 9.17) is 10.7 Å².